The van der Waals surface area contributed by atoms with Crippen molar-refractivity contribution >= 4 is 5.95 Å². The van der Waals surface area contributed by atoms with E-state index in [9.17, 15) is 17.6 Å². The van der Waals surface area contributed by atoms with Crippen LogP contribution in [0.25, 0.3) is 0 Å². The van der Waals surface area contributed by atoms with Crippen molar-refractivity contribution < 1.29 is 17.6 Å². The summed E-state index contributed by atoms with van der Waals surface area (Å²) in [7, 11) is 0. The van der Waals surface area contributed by atoms with E-state index >= 15 is 0 Å². The van der Waals surface area contributed by atoms with Crippen LogP contribution >= 0.6 is 0 Å². The zero-order valence-electron chi connectivity index (χ0n) is 8.64. The van der Waals surface area contributed by atoms with E-state index in [4.69, 9.17) is 0 Å². The normalized spacial score (nSPS) is 11.9. The summed E-state index contributed by atoms with van der Waals surface area (Å²) < 4.78 is 48.7. The van der Waals surface area contributed by atoms with E-state index < -0.39 is 18.9 Å². The number of nitrogens with one attached hydrogen (secondary N) is 1. The fraction of sp³-hybridized carbons (Fsp3) is 0.625. The van der Waals surface area contributed by atoms with Crippen LogP contribution in [-0.4, -0.2) is 34.1 Å². The highest BCUT2D eigenvalue weighted by Gasteiger charge is 2.40. The summed E-state index contributed by atoms with van der Waals surface area (Å²) in [5, 5.41) is 9.09. The summed E-state index contributed by atoms with van der Waals surface area (Å²) >= 11 is 0. The fourth-order valence-electron chi connectivity index (χ4n) is 0.806. The number of rotatable bonds is 4. The zero-order valence-corrected chi connectivity index (χ0v) is 8.64. The van der Waals surface area contributed by atoms with Gasteiger partial charge in [-0.2, -0.15) is 13.9 Å². The molecule has 1 aromatic rings. The van der Waals surface area contributed by atoms with E-state index in [1.165, 1.54) is 0 Å². The predicted octanol–water partition coefficient (Wildman–Crippen LogP) is 1.80. The summed E-state index contributed by atoms with van der Waals surface area (Å²) in [6.07, 6.45) is -3.72. The second-order valence-electron chi connectivity index (χ2n) is 3.22. The second kappa shape index (κ2) is 4.58. The molecule has 0 aliphatic carbocycles. The van der Waals surface area contributed by atoms with Crippen LogP contribution in [0, 0.1) is 13.8 Å². The Morgan fingerprint density at radius 3 is 2.31 bits per heavy atom. The van der Waals surface area contributed by atoms with E-state index in [0.717, 1.165) is 0 Å². The molecule has 4 nitrogen and oxygen atoms in total. The number of aryl methyl sites for hydroxylation is 2. The smallest absolute Gasteiger partial charge is 0.324 e. The summed E-state index contributed by atoms with van der Waals surface area (Å²) in [5.74, 6) is -4.30. The van der Waals surface area contributed by atoms with Gasteiger partial charge < -0.3 is 5.32 Å². The highest BCUT2D eigenvalue weighted by Crippen LogP contribution is 2.22. The van der Waals surface area contributed by atoms with E-state index in [0.29, 0.717) is 11.4 Å². The van der Waals surface area contributed by atoms with Crippen LogP contribution in [0.3, 0.4) is 0 Å². The quantitative estimate of drug-likeness (QED) is 0.812. The van der Waals surface area contributed by atoms with E-state index in [2.05, 4.69) is 15.2 Å². The molecule has 1 N–H and O–H groups in total. The monoisotopic (exact) mass is 238 g/mol. The van der Waals surface area contributed by atoms with Gasteiger partial charge in [0.1, 0.15) is 0 Å². The SMILES string of the molecule is Cc1nnc(NCC(F)(F)C(F)F)nc1C. The molecule has 0 spiro atoms. The molecular formula is C8H10F4N4. The molecule has 0 fully saturated rings. The van der Waals surface area contributed by atoms with E-state index in [1.54, 1.807) is 13.8 Å². The predicted molar refractivity (Wildman–Crippen MR) is 48.7 cm³/mol. The standard InChI is InChI=1S/C8H10F4N4/c1-4-5(2)15-16-7(14-4)13-3-8(11,12)6(9)10/h6H,3H2,1-2H3,(H,13,14,16). The molecule has 0 saturated carbocycles. The van der Waals surface area contributed by atoms with Gasteiger partial charge in [-0.1, -0.05) is 0 Å². The zero-order chi connectivity index (χ0) is 12.3. The Morgan fingerprint density at radius 1 is 1.19 bits per heavy atom. The molecule has 0 aromatic carbocycles. The lowest BCUT2D eigenvalue weighted by Crippen LogP contribution is -2.35. The van der Waals surface area contributed by atoms with Gasteiger partial charge in [0.2, 0.25) is 5.95 Å². The molecular weight excluding hydrogens is 228 g/mol. The first-order valence-corrected chi connectivity index (χ1v) is 4.40. The van der Waals surface area contributed by atoms with Gasteiger partial charge in [-0.15, -0.1) is 5.10 Å². The summed E-state index contributed by atoms with van der Waals surface area (Å²) in [6, 6.07) is 0. The third kappa shape index (κ3) is 3.01. The molecule has 1 heterocycles. The number of nitrogens with zero attached hydrogens (tertiary/aromatic N) is 3. The van der Waals surface area contributed by atoms with Crippen molar-refractivity contribution in [3.05, 3.63) is 11.4 Å². The third-order valence-electron chi connectivity index (χ3n) is 1.89. The summed E-state index contributed by atoms with van der Waals surface area (Å²) in [6.45, 7) is 2.03. The Balaban J connectivity index is 2.65. The van der Waals surface area contributed by atoms with Gasteiger partial charge in [0, 0.05) is 0 Å². The van der Waals surface area contributed by atoms with Gasteiger partial charge in [-0.25, -0.2) is 13.8 Å². The maximum atomic E-state index is 12.5. The molecule has 0 aliphatic rings. The molecule has 0 atom stereocenters. The van der Waals surface area contributed by atoms with Crippen LogP contribution in [0.15, 0.2) is 0 Å². The minimum atomic E-state index is -4.11. The van der Waals surface area contributed by atoms with Crippen molar-refractivity contribution in [1.29, 1.82) is 0 Å². The molecule has 0 aliphatic heterocycles. The second-order valence-corrected chi connectivity index (χ2v) is 3.22. The Hall–Kier alpha value is -1.47. The number of hydrogen-bond acceptors (Lipinski definition) is 4. The number of aromatic nitrogens is 3. The average Bonchev–Trinajstić information content (AvgIpc) is 2.20. The number of alkyl halides is 4. The fourth-order valence-corrected chi connectivity index (χ4v) is 0.806. The van der Waals surface area contributed by atoms with Crippen LogP contribution in [0.5, 0.6) is 0 Å². The first-order valence-electron chi connectivity index (χ1n) is 4.40. The van der Waals surface area contributed by atoms with Crippen LogP contribution in [0.2, 0.25) is 0 Å². The lowest BCUT2D eigenvalue weighted by molar-refractivity contribution is -0.117. The summed E-state index contributed by atoms with van der Waals surface area (Å²) in [5.41, 5.74) is 1.05. The number of anilines is 1. The van der Waals surface area contributed by atoms with Crippen LogP contribution in [-0.2, 0) is 0 Å². The van der Waals surface area contributed by atoms with Gasteiger partial charge >= 0.3 is 12.3 Å². The molecule has 1 rings (SSSR count). The molecule has 0 amide bonds. The first kappa shape index (κ1) is 12.6. The highest BCUT2D eigenvalue weighted by molar-refractivity contribution is 5.25. The highest BCUT2D eigenvalue weighted by atomic mass is 19.3. The molecule has 0 unspecified atom stereocenters. The molecule has 0 saturated heterocycles. The Kier molecular flexibility index (Phi) is 3.61. The maximum Gasteiger partial charge on any atom is 0.324 e. The lowest BCUT2D eigenvalue weighted by atomic mass is 10.3. The van der Waals surface area contributed by atoms with Crippen molar-refractivity contribution in [2.75, 3.05) is 11.9 Å². The van der Waals surface area contributed by atoms with E-state index in [1.807, 2.05) is 5.32 Å². The minimum absolute atomic E-state index is 0.191. The van der Waals surface area contributed by atoms with E-state index in [-0.39, 0.29) is 5.95 Å². The van der Waals surface area contributed by atoms with Crippen molar-refractivity contribution in [1.82, 2.24) is 15.2 Å². The van der Waals surface area contributed by atoms with Gasteiger partial charge in [0.15, 0.2) is 0 Å². The minimum Gasteiger partial charge on any atom is -0.347 e. The lowest BCUT2D eigenvalue weighted by Gasteiger charge is -2.15. The van der Waals surface area contributed by atoms with Gasteiger partial charge in [0.25, 0.3) is 0 Å². The molecule has 8 heteroatoms. The topological polar surface area (TPSA) is 50.7 Å². The Morgan fingerprint density at radius 2 is 1.81 bits per heavy atom. The van der Waals surface area contributed by atoms with Gasteiger partial charge in [0.05, 0.1) is 17.9 Å². The number of halogens is 4. The van der Waals surface area contributed by atoms with Gasteiger partial charge in [-0.05, 0) is 13.8 Å². The third-order valence-corrected chi connectivity index (χ3v) is 1.89. The molecule has 0 radical (unpaired) electrons. The number of hydrogen-bond donors (Lipinski definition) is 1. The molecule has 90 valence electrons. The van der Waals surface area contributed by atoms with Crippen molar-refractivity contribution in [2.24, 2.45) is 0 Å². The molecule has 16 heavy (non-hydrogen) atoms. The van der Waals surface area contributed by atoms with Crippen molar-refractivity contribution in [2.45, 2.75) is 26.2 Å². The van der Waals surface area contributed by atoms with Crippen LogP contribution in [0.1, 0.15) is 11.4 Å². The molecule has 1 aromatic heterocycles. The average molecular weight is 238 g/mol. The van der Waals surface area contributed by atoms with Crippen LogP contribution < -0.4 is 5.32 Å². The Labute approximate surface area is 89.1 Å². The Bertz CT molecular complexity index is 369. The largest absolute Gasteiger partial charge is 0.347 e. The van der Waals surface area contributed by atoms with Crippen molar-refractivity contribution in [3.8, 4) is 0 Å². The van der Waals surface area contributed by atoms with Gasteiger partial charge in [-0.3, -0.25) is 0 Å². The first-order chi connectivity index (χ1) is 7.33. The molecule has 0 bridgehead atoms. The van der Waals surface area contributed by atoms with Crippen LogP contribution in [0.4, 0.5) is 23.5 Å². The summed E-state index contributed by atoms with van der Waals surface area (Å²) in [4.78, 5) is 3.77. The van der Waals surface area contributed by atoms with Crippen molar-refractivity contribution in [3.63, 3.8) is 0 Å². The maximum absolute atomic E-state index is 12.5.